The van der Waals surface area contributed by atoms with E-state index in [-0.39, 0.29) is 11.9 Å². The van der Waals surface area contributed by atoms with Gasteiger partial charge in [0.2, 0.25) is 0 Å². The van der Waals surface area contributed by atoms with Crippen molar-refractivity contribution in [3.63, 3.8) is 0 Å². The van der Waals surface area contributed by atoms with Gasteiger partial charge in [0.1, 0.15) is 12.1 Å². The van der Waals surface area contributed by atoms with E-state index in [0.717, 1.165) is 17.5 Å². The third-order valence-corrected chi connectivity index (χ3v) is 4.26. The number of nitrogen functional groups attached to an aromatic ring is 1. The fraction of sp³-hybridized carbons (Fsp3) is 0.231. The van der Waals surface area contributed by atoms with E-state index in [1.807, 2.05) is 11.9 Å². The van der Waals surface area contributed by atoms with Gasteiger partial charge in [-0.15, -0.1) is 0 Å². The Bertz CT molecular complexity index is 704. The number of hydrogen-bond acceptors (Lipinski definition) is 4. The van der Waals surface area contributed by atoms with Crippen molar-refractivity contribution in [2.24, 2.45) is 0 Å². The Morgan fingerprint density at radius 1 is 1.58 bits per heavy atom. The van der Waals surface area contributed by atoms with E-state index in [9.17, 15) is 9.18 Å². The average Bonchev–Trinajstić information content (AvgIpc) is 2.70. The number of aromatic nitrogens is 1. The predicted molar refractivity (Wildman–Crippen MR) is 74.1 cm³/mol. The van der Waals surface area contributed by atoms with Crippen LogP contribution < -0.4 is 5.73 Å². The van der Waals surface area contributed by atoms with Gasteiger partial charge in [0, 0.05) is 23.2 Å². The maximum Gasteiger partial charge on any atom is 0.141 e. The number of carbonyl (C=O) groups is 1. The van der Waals surface area contributed by atoms with Gasteiger partial charge in [-0.3, -0.25) is 4.90 Å². The molecule has 1 aliphatic heterocycles. The number of nitrogens with zero attached hydrogens (tertiary/aromatic N) is 2. The lowest BCUT2D eigenvalue weighted by molar-refractivity contribution is -0.111. The van der Waals surface area contributed by atoms with Crippen LogP contribution in [0.2, 0.25) is 0 Å². The Morgan fingerprint density at radius 2 is 2.32 bits per heavy atom. The lowest BCUT2D eigenvalue weighted by Gasteiger charge is -2.14. The number of benzene rings is 1. The van der Waals surface area contributed by atoms with Crippen LogP contribution in [0, 0.1) is 5.82 Å². The fourth-order valence-electron chi connectivity index (χ4n) is 2.54. The number of anilines is 1. The van der Waals surface area contributed by atoms with Gasteiger partial charge in [0.05, 0.1) is 21.7 Å². The van der Waals surface area contributed by atoms with Crippen molar-refractivity contribution < 1.29 is 9.18 Å². The van der Waals surface area contributed by atoms with Crippen molar-refractivity contribution in [3.8, 4) is 0 Å². The topological polar surface area (TPSA) is 59.2 Å². The maximum absolute atomic E-state index is 13.6. The first-order valence-corrected chi connectivity index (χ1v) is 6.55. The first-order chi connectivity index (χ1) is 9.04. The zero-order valence-electron chi connectivity index (χ0n) is 10.2. The van der Waals surface area contributed by atoms with Gasteiger partial charge in [0.25, 0.3) is 0 Å². The molecule has 19 heavy (non-hydrogen) atoms. The number of halogens is 2. The Balaban J connectivity index is 2.38. The summed E-state index contributed by atoms with van der Waals surface area (Å²) in [5.74, 6) is -0.377. The summed E-state index contributed by atoms with van der Waals surface area (Å²) in [5.41, 5.74) is 8.62. The molecule has 0 bridgehead atoms. The molecule has 1 unspecified atom stereocenters. The minimum Gasteiger partial charge on any atom is -0.398 e. The molecule has 2 heterocycles. The van der Waals surface area contributed by atoms with Gasteiger partial charge < -0.3 is 10.5 Å². The smallest absolute Gasteiger partial charge is 0.141 e. The van der Waals surface area contributed by atoms with Gasteiger partial charge in [-0.1, -0.05) is 0 Å². The van der Waals surface area contributed by atoms with Gasteiger partial charge in [0.15, 0.2) is 0 Å². The lowest BCUT2D eigenvalue weighted by atomic mass is 10.0. The normalized spacial score (nSPS) is 18.8. The van der Waals surface area contributed by atoms with Crippen molar-refractivity contribution in [2.75, 3.05) is 12.8 Å². The Labute approximate surface area is 117 Å². The summed E-state index contributed by atoms with van der Waals surface area (Å²) in [7, 11) is 1.83. The van der Waals surface area contributed by atoms with Crippen molar-refractivity contribution in [2.45, 2.75) is 12.6 Å². The first-order valence-electron chi connectivity index (χ1n) is 5.76. The SMILES string of the molecule is CN1Cc2nc3c(Br)c(F)ccc3c(N)c2C1C=O. The molecule has 1 atom stereocenters. The molecule has 0 fully saturated rings. The van der Waals surface area contributed by atoms with E-state index in [1.165, 1.54) is 6.07 Å². The van der Waals surface area contributed by atoms with Gasteiger partial charge in [-0.25, -0.2) is 9.37 Å². The van der Waals surface area contributed by atoms with Crippen molar-refractivity contribution in [3.05, 3.63) is 33.7 Å². The molecule has 0 radical (unpaired) electrons. The van der Waals surface area contributed by atoms with E-state index in [0.29, 0.717) is 27.6 Å². The van der Waals surface area contributed by atoms with E-state index in [4.69, 9.17) is 5.73 Å². The highest BCUT2D eigenvalue weighted by molar-refractivity contribution is 9.10. The highest BCUT2D eigenvalue weighted by Gasteiger charge is 2.32. The van der Waals surface area contributed by atoms with Crippen LogP contribution in [0.15, 0.2) is 16.6 Å². The molecule has 4 nitrogen and oxygen atoms in total. The van der Waals surface area contributed by atoms with Crippen molar-refractivity contribution in [1.29, 1.82) is 0 Å². The molecule has 0 amide bonds. The van der Waals surface area contributed by atoms with Crippen LogP contribution in [-0.2, 0) is 11.3 Å². The molecule has 1 aliphatic rings. The van der Waals surface area contributed by atoms with Crippen LogP contribution in [0.4, 0.5) is 10.1 Å². The molecule has 1 aromatic heterocycles. The number of aldehydes is 1. The highest BCUT2D eigenvalue weighted by atomic mass is 79.9. The standard InChI is InChI=1S/C13H11BrFN3O/c1-18-4-8-10(9(18)5-19)12(16)6-2-3-7(15)11(14)13(6)17-8/h2-3,5,9H,4H2,1H3,(H2,16,17). The van der Waals surface area contributed by atoms with Crippen LogP contribution in [0.25, 0.3) is 10.9 Å². The number of fused-ring (bicyclic) bond motifs is 2. The maximum atomic E-state index is 13.6. The number of carbonyl (C=O) groups excluding carboxylic acids is 1. The monoisotopic (exact) mass is 323 g/mol. The number of rotatable bonds is 1. The second-order valence-corrected chi connectivity index (χ2v) is 5.43. The van der Waals surface area contributed by atoms with E-state index >= 15 is 0 Å². The second kappa shape index (κ2) is 4.25. The molecule has 0 spiro atoms. The first kappa shape index (κ1) is 12.5. The number of likely N-dealkylation sites (N-methyl/N-ethyl adjacent to an activating group) is 1. The molecule has 0 saturated carbocycles. The molecule has 3 rings (SSSR count). The zero-order valence-corrected chi connectivity index (χ0v) is 11.7. The van der Waals surface area contributed by atoms with E-state index in [2.05, 4.69) is 20.9 Å². The molecule has 98 valence electrons. The molecule has 2 aromatic rings. The van der Waals surface area contributed by atoms with Crippen LogP contribution in [-0.4, -0.2) is 23.2 Å². The Morgan fingerprint density at radius 3 is 3.00 bits per heavy atom. The van der Waals surface area contributed by atoms with Gasteiger partial charge in [-0.2, -0.15) is 0 Å². The number of nitrogens with two attached hydrogens (primary N) is 1. The second-order valence-electron chi connectivity index (χ2n) is 4.64. The molecule has 6 heteroatoms. The summed E-state index contributed by atoms with van der Waals surface area (Å²) in [6.07, 6.45) is 0.855. The van der Waals surface area contributed by atoms with Crippen LogP contribution in [0.1, 0.15) is 17.3 Å². The predicted octanol–water partition coefficient (Wildman–Crippen LogP) is 2.40. The Hall–Kier alpha value is -1.53. The zero-order chi connectivity index (χ0) is 13.7. The third kappa shape index (κ3) is 1.67. The van der Waals surface area contributed by atoms with E-state index in [1.54, 1.807) is 6.07 Å². The molecule has 2 N–H and O–H groups in total. The van der Waals surface area contributed by atoms with E-state index < -0.39 is 0 Å². The van der Waals surface area contributed by atoms with Crippen LogP contribution in [0.5, 0.6) is 0 Å². The van der Waals surface area contributed by atoms with Crippen molar-refractivity contribution >= 4 is 38.8 Å². The summed E-state index contributed by atoms with van der Waals surface area (Å²) < 4.78 is 13.9. The largest absolute Gasteiger partial charge is 0.398 e. The molecule has 0 aliphatic carbocycles. The number of hydrogen-bond donors (Lipinski definition) is 1. The summed E-state index contributed by atoms with van der Waals surface area (Å²) >= 11 is 3.19. The molecular weight excluding hydrogens is 313 g/mol. The fourth-order valence-corrected chi connectivity index (χ4v) is 2.97. The van der Waals surface area contributed by atoms with Crippen LogP contribution >= 0.6 is 15.9 Å². The minimum absolute atomic E-state index is 0.303. The highest BCUT2D eigenvalue weighted by Crippen LogP contribution is 2.39. The number of pyridine rings is 1. The van der Waals surface area contributed by atoms with Crippen LogP contribution in [0.3, 0.4) is 0 Å². The summed E-state index contributed by atoms with van der Waals surface area (Å²) in [6, 6.07) is 2.56. The quantitative estimate of drug-likeness (QED) is 0.819. The molecule has 0 saturated heterocycles. The average molecular weight is 324 g/mol. The minimum atomic E-state index is -0.379. The summed E-state index contributed by atoms with van der Waals surface area (Å²) in [4.78, 5) is 17.5. The molecular formula is C13H11BrFN3O. The van der Waals surface area contributed by atoms with Gasteiger partial charge >= 0.3 is 0 Å². The third-order valence-electron chi connectivity index (χ3n) is 3.51. The summed E-state index contributed by atoms with van der Waals surface area (Å²) in [5, 5.41) is 0.661. The Kier molecular flexibility index (Phi) is 2.79. The van der Waals surface area contributed by atoms with Crippen molar-refractivity contribution in [1.82, 2.24) is 9.88 Å². The lowest BCUT2D eigenvalue weighted by Crippen LogP contribution is -2.17. The molecule has 1 aromatic carbocycles. The van der Waals surface area contributed by atoms with Gasteiger partial charge in [-0.05, 0) is 35.1 Å². The summed E-state index contributed by atoms with van der Waals surface area (Å²) in [6.45, 7) is 0.530.